The average Bonchev–Trinajstić information content (AvgIpc) is 2.33. The molecule has 0 spiro atoms. The van der Waals surface area contributed by atoms with Gasteiger partial charge in [0.1, 0.15) is 5.75 Å². The summed E-state index contributed by atoms with van der Waals surface area (Å²) in [5.74, 6) is 0.576. The fraction of sp³-hybridized carbons (Fsp3) is 0.364. The van der Waals surface area contributed by atoms with Gasteiger partial charge in [0.15, 0.2) is 0 Å². The molecule has 86 valence electrons. The predicted octanol–water partition coefficient (Wildman–Crippen LogP) is 1.85. The fourth-order valence-corrected chi connectivity index (χ4v) is 1.78. The number of nitrogens with zero attached hydrogens (tertiary/aromatic N) is 1. The van der Waals surface area contributed by atoms with Crippen LogP contribution in [0.2, 0.25) is 0 Å². The average molecular weight is 285 g/mol. The van der Waals surface area contributed by atoms with Crippen molar-refractivity contribution in [3.05, 3.63) is 28.7 Å². The normalized spacial score (nSPS) is 15.9. The highest BCUT2D eigenvalue weighted by atomic mass is 79.9. The standard InChI is InChI=1S/C11H13BrN2O2/c12-9-1-3-10(4-2-9)16-11(15)14-7-5-13-6-8-14/h1-4,13H,5-8H2. The molecule has 0 radical (unpaired) electrons. The van der Waals surface area contributed by atoms with Gasteiger partial charge >= 0.3 is 6.09 Å². The molecule has 0 aliphatic carbocycles. The van der Waals surface area contributed by atoms with Gasteiger partial charge in [0.25, 0.3) is 0 Å². The summed E-state index contributed by atoms with van der Waals surface area (Å²) in [6, 6.07) is 7.23. The number of halogens is 1. The highest BCUT2D eigenvalue weighted by Crippen LogP contribution is 2.16. The Kier molecular flexibility index (Phi) is 3.79. The second kappa shape index (κ2) is 5.32. The van der Waals surface area contributed by atoms with Gasteiger partial charge in [-0.2, -0.15) is 0 Å². The fourth-order valence-electron chi connectivity index (χ4n) is 1.52. The summed E-state index contributed by atoms with van der Waals surface area (Å²) in [5.41, 5.74) is 0. The van der Waals surface area contributed by atoms with Crippen molar-refractivity contribution < 1.29 is 9.53 Å². The molecule has 0 aromatic heterocycles. The van der Waals surface area contributed by atoms with E-state index in [1.54, 1.807) is 17.0 Å². The summed E-state index contributed by atoms with van der Waals surface area (Å²) in [6.45, 7) is 3.07. The van der Waals surface area contributed by atoms with Gasteiger partial charge in [-0.1, -0.05) is 15.9 Å². The van der Waals surface area contributed by atoms with Crippen LogP contribution in [0.1, 0.15) is 0 Å². The Morgan fingerprint density at radius 1 is 1.25 bits per heavy atom. The van der Waals surface area contributed by atoms with E-state index in [1.807, 2.05) is 12.1 Å². The summed E-state index contributed by atoms with van der Waals surface area (Å²) in [5, 5.41) is 3.19. The van der Waals surface area contributed by atoms with Gasteiger partial charge in [0, 0.05) is 30.7 Å². The summed E-state index contributed by atoms with van der Waals surface area (Å²) in [6.07, 6.45) is -0.274. The van der Waals surface area contributed by atoms with E-state index in [0.29, 0.717) is 18.8 Å². The number of carbonyl (C=O) groups is 1. The van der Waals surface area contributed by atoms with Gasteiger partial charge in [-0.05, 0) is 24.3 Å². The maximum absolute atomic E-state index is 11.7. The molecule has 0 bridgehead atoms. The molecule has 1 fully saturated rings. The van der Waals surface area contributed by atoms with Gasteiger partial charge < -0.3 is 15.0 Å². The van der Waals surface area contributed by atoms with Gasteiger partial charge in [-0.25, -0.2) is 4.79 Å². The Hall–Kier alpha value is -1.07. The Morgan fingerprint density at radius 3 is 2.50 bits per heavy atom. The van der Waals surface area contributed by atoms with Crippen LogP contribution in [0.15, 0.2) is 28.7 Å². The Morgan fingerprint density at radius 2 is 1.88 bits per heavy atom. The minimum Gasteiger partial charge on any atom is -0.410 e. The highest BCUT2D eigenvalue weighted by molar-refractivity contribution is 9.10. The van der Waals surface area contributed by atoms with Crippen LogP contribution in [-0.2, 0) is 0 Å². The van der Waals surface area contributed by atoms with E-state index in [1.165, 1.54) is 0 Å². The molecular weight excluding hydrogens is 272 g/mol. The molecule has 16 heavy (non-hydrogen) atoms. The van der Waals surface area contributed by atoms with Gasteiger partial charge in [-0.15, -0.1) is 0 Å². The number of piperazine rings is 1. The first-order valence-corrected chi connectivity index (χ1v) is 5.98. The first kappa shape index (κ1) is 11.4. The molecule has 1 aromatic rings. The molecule has 1 amide bonds. The van der Waals surface area contributed by atoms with Crippen molar-refractivity contribution in [2.24, 2.45) is 0 Å². The lowest BCUT2D eigenvalue weighted by atomic mass is 10.3. The molecule has 1 aliphatic rings. The quantitative estimate of drug-likeness (QED) is 0.856. The van der Waals surface area contributed by atoms with E-state index in [2.05, 4.69) is 21.2 Å². The van der Waals surface area contributed by atoms with Crippen molar-refractivity contribution in [3.8, 4) is 5.75 Å². The molecule has 1 heterocycles. The summed E-state index contributed by atoms with van der Waals surface area (Å²) in [7, 11) is 0. The highest BCUT2D eigenvalue weighted by Gasteiger charge is 2.17. The molecule has 0 atom stereocenters. The van der Waals surface area contributed by atoms with Gasteiger partial charge in [0.2, 0.25) is 0 Å². The van der Waals surface area contributed by atoms with Crippen LogP contribution >= 0.6 is 15.9 Å². The molecule has 0 saturated carbocycles. The largest absolute Gasteiger partial charge is 0.415 e. The summed E-state index contributed by atoms with van der Waals surface area (Å²) in [4.78, 5) is 13.4. The van der Waals surface area contributed by atoms with Crippen molar-refractivity contribution in [1.29, 1.82) is 0 Å². The lowest BCUT2D eigenvalue weighted by molar-refractivity contribution is 0.146. The number of amides is 1. The molecular formula is C11H13BrN2O2. The first-order chi connectivity index (χ1) is 7.75. The van der Waals surface area contributed by atoms with Crippen LogP contribution in [0.3, 0.4) is 0 Å². The second-order valence-electron chi connectivity index (χ2n) is 3.56. The number of hydrogen-bond acceptors (Lipinski definition) is 3. The smallest absolute Gasteiger partial charge is 0.410 e. The van der Waals surface area contributed by atoms with Crippen molar-refractivity contribution in [1.82, 2.24) is 10.2 Å². The molecule has 2 rings (SSSR count). The Labute approximate surface area is 103 Å². The molecule has 1 aliphatic heterocycles. The number of ether oxygens (including phenoxy) is 1. The lowest BCUT2D eigenvalue weighted by Crippen LogP contribution is -2.47. The predicted molar refractivity (Wildman–Crippen MR) is 64.6 cm³/mol. The van der Waals surface area contributed by atoms with Crippen LogP contribution in [0, 0.1) is 0 Å². The van der Waals surface area contributed by atoms with Crippen LogP contribution in [0.25, 0.3) is 0 Å². The first-order valence-electron chi connectivity index (χ1n) is 5.19. The van der Waals surface area contributed by atoms with Crippen molar-refractivity contribution in [2.45, 2.75) is 0 Å². The van der Waals surface area contributed by atoms with Crippen molar-refractivity contribution in [3.63, 3.8) is 0 Å². The lowest BCUT2D eigenvalue weighted by Gasteiger charge is -2.26. The minimum absolute atomic E-state index is 0.274. The zero-order valence-corrected chi connectivity index (χ0v) is 10.4. The Balaban J connectivity index is 1.93. The summed E-state index contributed by atoms with van der Waals surface area (Å²) < 4.78 is 6.21. The van der Waals surface area contributed by atoms with E-state index in [9.17, 15) is 4.79 Å². The molecule has 1 aromatic carbocycles. The molecule has 5 heteroatoms. The SMILES string of the molecule is O=C(Oc1ccc(Br)cc1)N1CCNCC1. The third-order valence-corrected chi connectivity index (χ3v) is 2.92. The topological polar surface area (TPSA) is 41.6 Å². The van der Waals surface area contributed by atoms with Crippen LogP contribution in [0.4, 0.5) is 4.79 Å². The number of nitrogens with one attached hydrogen (secondary N) is 1. The number of carbonyl (C=O) groups excluding carboxylic acids is 1. The monoisotopic (exact) mass is 284 g/mol. The minimum atomic E-state index is -0.274. The second-order valence-corrected chi connectivity index (χ2v) is 4.47. The van der Waals surface area contributed by atoms with Crippen LogP contribution in [0.5, 0.6) is 5.75 Å². The van der Waals surface area contributed by atoms with Crippen molar-refractivity contribution >= 4 is 22.0 Å². The number of hydrogen-bond donors (Lipinski definition) is 1. The van der Waals surface area contributed by atoms with Crippen LogP contribution < -0.4 is 10.1 Å². The van der Waals surface area contributed by atoms with E-state index in [-0.39, 0.29) is 6.09 Å². The van der Waals surface area contributed by atoms with Gasteiger partial charge in [-0.3, -0.25) is 0 Å². The molecule has 1 N–H and O–H groups in total. The number of rotatable bonds is 1. The van der Waals surface area contributed by atoms with E-state index >= 15 is 0 Å². The van der Waals surface area contributed by atoms with Gasteiger partial charge in [0.05, 0.1) is 0 Å². The maximum Gasteiger partial charge on any atom is 0.415 e. The van der Waals surface area contributed by atoms with Crippen LogP contribution in [-0.4, -0.2) is 37.2 Å². The third-order valence-electron chi connectivity index (χ3n) is 2.39. The van der Waals surface area contributed by atoms with E-state index in [0.717, 1.165) is 17.6 Å². The van der Waals surface area contributed by atoms with Crippen molar-refractivity contribution in [2.75, 3.05) is 26.2 Å². The third kappa shape index (κ3) is 2.96. The number of benzene rings is 1. The molecule has 0 unspecified atom stereocenters. The van der Waals surface area contributed by atoms with E-state index < -0.39 is 0 Å². The zero-order chi connectivity index (χ0) is 11.4. The zero-order valence-electron chi connectivity index (χ0n) is 8.78. The van der Waals surface area contributed by atoms with E-state index in [4.69, 9.17) is 4.74 Å². The molecule has 4 nitrogen and oxygen atoms in total. The molecule has 1 saturated heterocycles. The Bertz CT molecular complexity index is 361. The maximum atomic E-state index is 11.7. The summed E-state index contributed by atoms with van der Waals surface area (Å²) >= 11 is 3.33.